The normalized spacial score (nSPS) is 12.7. The van der Waals surface area contributed by atoms with Gasteiger partial charge in [0.25, 0.3) is 0 Å². The third kappa shape index (κ3) is 2.36. The number of aliphatic hydroxyl groups is 1. The molecule has 0 saturated carbocycles. The van der Waals surface area contributed by atoms with Gasteiger partial charge < -0.3 is 15.0 Å². The van der Waals surface area contributed by atoms with E-state index in [9.17, 15) is 4.79 Å². The van der Waals surface area contributed by atoms with Crippen LogP contribution in [0.15, 0.2) is 18.2 Å². The third-order valence-electron chi connectivity index (χ3n) is 3.02. The molecule has 0 aliphatic carbocycles. The molecule has 1 aromatic carbocycles. The second-order valence-electron chi connectivity index (χ2n) is 4.43. The summed E-state index contributed by atoms with van der Waals surface area (Å²) in [6.07, 6.45) is -0.981. The molecule has 0 aliphatic heterocycles. The van der Waals surface area contributed by atoms with E-state index < -0.39 is 6.10 Å². The summed E-state index contributed by atoms with van der Waals surface area (Å²) in [6, 6.07) is 5.88. The topological polar surface area (TPSA) is 67.2 Å². The number of aromatic nitrogens is 2. The number of aliphatic hydroxyl groups excluding tert-OH is 1. The molecule has 5 heteroatoms. The number of carbonyl (C=O) groups is 1. The van der Waals surface area contributed by atoms with E-state index in [-0.39, 0.29) is 5.91 Å². The molecule has 2 aromatic rings. The van der Waals surface area contributed by atoms with Gasteiger partial charge in [0, 0.05) is 13.6 Å². The van der Waals surface area contributed by atoms with Crippen LogP contribution in [-0.4, -0.2) is 26.7 Å². The van der Waals surface area contributed by atoms with Crippen molar-refractivity contribution >= 4 is 16.9 Å². The molecule has 96 valence electrons. The van der Waals surface area contributed by atoms with Crippen LogP contribution in [0.5, 0.6) is 0 Å². The third-order valence-corrected chi connectivity index (χ3v) is 3.02. The number of nitrogens with one attached hydrogen (secondary N) is 1. The van der Waals surface area contributed by atoms with Crippen LogP contribution >= 0.6 is 0 Å². The van der Waals surface area contributed by atoms with E-state index in [1.165, 1.54) is 6.92 Å². The summed E-state index contributed by atoms with van der Waals surface area (Å²) in [6.45, 7) is 3.80. The number of hydrogen-bond donors (Lipinski definition) is 2. The van der Waals surface area contributed by atoms with Crippen molar-refractivity contribution in [3.63, 3.8) is 0 Å². The van der Waals surface area contributed by atoms with E-state index in [4.69, 9.17) is 5.11 Å². The zero-order valence-corrected chi connectivity index (χ0v) is 10.8. The SMILES string of the molecule is Cc1nc2cc(CNC(=O)C(C)O)ccc2n1C. The van der Waals surface area contributed by atoms with E-state index >= 15 is 0 Å². The smallest absolute Gasteiger partial charge is 0.248 e. The minimum atomic E-state index is -0.981. The standard InChI is InChI=1S/C13H17N3O2/c1-8(17)13(18)14-7-10-4-5-12-11(6-10)15-9(2)16(12)3/h4-6,8,17H,7H2,1-3H3,(H,14,18). The van der Waals surface area contributed by atoms with Gasteiger partial charge in [-0.1, -0.05) is 6.07 Å². The Morgan fingerprint density at radius 3 is 2.94 bits per heavy atom. The Balaban J connectivity index is 2.18. The number of benzene rings is 1. The molecule has 0 fully saturated rings. The Morgan fingerprint density at radius 2 is 2.28 bits per heavy atom. The quantitative estimate of drug-likeness (QED) is 0.846. The molecule has 2 N–H and O–H groups in total. The summed E-state index contributed by atoms with van der Waals surface area (Å²) >= 11 is 0. The molecule has 0 aliphatic rings. The molecule has 2 rings (SSSR count). The van der Waals surface area contributed by atoms with E-state index in [0.717, 1.165) is 22.4 Å². The van der Waals surface area contributed by atoms with Gasteiger partial charge in [-0.2, -0.15) is 0 Å². The Hall–Kier alpha value is -1.88. The number of hydrogen-bond acceptors (Lipinski definition) is 3. The Bertz CT molecular complexity index is 587. The summed E-state index contributed by atoms with van der Waals surface area (Å²) in [5.74, 6) is 0.586. The minimum Gasteiger partial charge on any atom is -0.384 e. The fourth-order valence-electron chi connectivity index (χ4n) is 1.81. The first-order valence-electron chi connectivity index (χ1n) is 5.87. The van der Waals surface area contributed by atoms with E-state index in [1.54, 1.807) is 0 Å². The maximum absolute atomic E-state index is 11.3. The van der Waals surface area contributed by atoms with Gasteiger partial charge in [0.1, 0.15) is 11.9 Å². The maximum atomic E-state index is 11.3. The molecular formula is C13H17N3O2. The first-order chi connectivity index (χ1) is 8.49. The lowest BCUT2D eigenvalue weighted by atomic mass is 10.2. The summed E-state index contributed by atoms with van der Waals surface area (Å²) in [4.78, 5) is 15.7. The van der Waals surface area contributed by atoms with Crippen LogP contribution in [0, 0.1) is 6.92 Å². The monoisotopic (exact) mass is 247 g/mol. The van der Waals surface area contributed by atoms with Crippen LogP contribution in [0.4, 0.5) is 0 Å². The predicted octanol–water partition coefficient (Wildman–Crippen LogP) is 0.879. The molecule has 0 radical (unpaired) electrons. The molecule has 1 amide bonds. The van der Waals surface area contributed by atoms with Gasteiger partial charge in [0.2, 0.25) is 5.91 Å². The average Bonchev–Trinajstić information content (AvgIpc) is 2.61. The van der Waals surface area contributed by atoms with Crippen LogP contribution in [0.25, 0.3) is 11.0 Å². The number of amides is 1. The van der Waals surface area contributed by atoms with Gasteiger partial charge in [-0.05, 0) is 31.5 Å². The highest BCUT2D eigenvalue weighted by atomic mass is 16.3. The molecule has 1 atom stereocenters. The molecule has 0 saturated heterocycles. The molecule has 1 aromatic heterocycles. The summed E-state index contributed by atoms with van der Waals surface area (Å²) < 4.78 is 2.02. The van der Waals surface area contributed by atoms with Crippen LogP contribution in [-0.2, 0) is 18.4 Å². The predicted molar refractivity (Wildman–Crippen MR) is 69.0 cm³/mol. The summed E-state index contributed by atoms with van der Waals surface area (Å²) in [7, 11) is 1.97. The minimum absolute atomic E-state index is 0.368. The maximum Gasteiger partial charge on any atom is 0.248 e. The van der Waals surface area contributed by atoms with Crippen molar-refractivity contribution < 1.29 is 9.90 Å². The van der Waals surface area contributed by atoms with E-state index in [0.29, 0.717) is 6.54 Å². The zero-order valence-electron chi connectivity index (χ0n) is 10.8. The summed E-state index contributed by atoms with van der Waals surface area (Å²) in [5.41, 5.74) is 2.95. The van der Waals surface area contributed by atoms with Crippen molar-refractivity contribution in [2.24, 2.45) is 7.05 Å². The van der Waals surface area contributed by atoms with E-state index in [1.807, 2.05) is 36.7 Å². The number of aryl methyl sites for hydroxylation is 2. The number of carbonyl (C=O) groups excluding carboxylic acids is 1. The highest BCUT2D eigenvalue weighted by Crippen LogP contribution is 2.16. The highest BCUT2D eigenvalue weighted by Gasteiger charge is 2.09. The average molecular weight is 247 g/mol. The summed E-state index contributed by atoms with van der Waals surface area (Å²) in [5, 5.41) is 11.7. The second kappa shape index (κ2) is 4.78. The number of fused-ring (bicyclic) bond motifs is 1. The lowest BCUT2D eigenvalue weighted by Gasteiger charge is -2.07. The van der Waals surface area contributed by atoms with Gasteiger partial charge in [0.05, 0.1) is 11.0 Å². The lowest BCUT2D eigenvalue weighted by molar-refractivity contribution is -0.128. The largest absolute Gasteiger partial charge is 0.384 e. The molecule has 18 heavy (non-hydrogen) atoms. The van der Waals surface area contributed by atoms with Crippen molar-refractivity contribution in [2.45, 2.75) is 26.5 Å². The van der Waals surface area contributed by atoms with Crippen molar-refractivity contribution in [1.29, 1.82) is 0 Å². The van der Waals surface area contributed by atoms with Gasteiger partial charge in [0.15, 0.2) is 0 Å². The van der Waals surface area contributed by atoms with Crippen molar-refractivity contribution in [1.82, 2.24) is 14.9 Å². The van der Waals surface area contributed by atoms with Gasteiger partial charge >= 0.3 is 0 Å². The fourth-order valence-corrected chi connectivity index (χ4v) is 1.81. The van der Waals surface area contributed by atoms with Crippen LogP contribution < -0.4 is 5.32 Å². The molecular weight excluding hydrogens is 230 g/mol. The van der Waals surface area contributed by atoms with Crippen LogP contribution in [0.3, 0.4) is 0 Å². The zero-order chi connectivity index (χ0) is 13.3. The first-order valence-corrected chi connectivity index (χ1v) is 5.87. The molecule has 0 bridgehead atoms. The van der Waals surface area contributed by atoms with Crippen LogP contribution in [0.2, 0.25) is 0 Å². The Labute approximate surface area is 105 Å². The van der Waals surface area contributed by atoms with Crippen molar-refractivity contribution in [3.8, 4) is 0 Å². The van der Waals surface area contributed by atoms with Gasteiger partial charge in [-0.25, -0.2) is 4.98 Å². The van der Waals surface area contributed by atoms with E-state index in [2.05, 4.69) is 10.3 Å². The Morgan fingerprint density at radius 1 is 1.56 bits per heavy atom. The first kappa shape index (κ1) is 12.6. The molecule has 1 unspecified atom stereocenters. The molecule has 0 spiro atoms. The van der Waals surface area contributed by atoms with Gasteiger partial charge in [-0.15, -0.1) is 0 Å². The molecule has 5 nitrogen and oxygen atoms in total. The van der Waals surface area contributed by atoms with Crippen molar-refractivity contribution in [3.05, 3.63) is 29.6 Å². The number of nitrogens with zero attached hydrogens (tertiary/aromatic N) is 2. The second-order valence-corrected chi connectivity index (χ2v) is 4.43. The fraction of sp³-hybridized carbons (Fsp3) is 0.385. The van der Waals surface area contributed by atoms with Crippen LogP contribution in [0.1, 0.15) is 18.3 Å². The van der Waals surface area contributed by atoms with Crippen molar-refractivity contribution in [2.75, 3.05) is 0 Å². The number of imidazole rings is 1. The Kier molecular flexibility index (Phi) is 3.34. The lowest BCUT2D eigenvalue weighted by Crippen LogP contribution is -2.31. The molecule has 1 heterocycles. The number of rotatable bonds is 3. The highest BCUT2D eigenvalue weighted by molar-refractivity contribution is 5.80. The van der Waals surface area contributed by atoms with Gasteiger partial charge in [-0.3, -0.25) is 4.79 Å².